The molecule has 0 bridgehead atoms. The fraction of sp³-hybridized carbons (Fsp3) is 0.350. The van der Waals surface area contributed by atoms with E-state index < -0.39 is 0 Å². The van der Waals surface area contributed by atoms with Gasteiger partial charge in [0.25, 0.3) is 0 Å². The van der Waals surface area contributed by atoms with Crippen LogP contribution in [0.3, 0.4) is 0 Å². The molecule has 2 aromatic rings. The largest absolute Gasteiger partial charge is 0.360 e. The van der Waals surface area contributed by atoms with Gasteiger partial charge >= 0.3 is 0 Å². The molecule has 0 saturated heterocycles. The monoisotopic (exact) mass is 326 g/mol. The lowest BCUT2D eigenvalue weighted by Crippen LogP contribution is -2.41. The number of nitrogens with zero attached hydrogens (tertiary/aromatic N) is 1. The third-order valence-corrected chi connectivity index (χ3v) is 4.57. The van der Waals surface area contributed by atoms with Crippen molar-refractivity contribution in [1.29, 1.82) is 0 Å². The number of rotatable bonds is 5. The standard InChI is InChI=1S/C20H23FN2O/c1-15(16-7-3-2-4-8-16)13-22-19(24)14-23-12-6-10-17-9-5-11-18(21)20(17)23/h2-5,7-9,11,15H,6,10,12-14H2,1H3,(H,22,24). The van der Waals surface area contributed by atoms with Crippen molar-refractivity contribution in [3.8, 4) is 0 Å². The van der Waals surface area contributed by atoms with Crippen LogP contribution in [0.25, 0.3) is 0 Å². The number of fused-ring (bicyclic) bond motifs is 1. The topological polar surface area (TPSA) is 32.3 Å². The Balaban J connectivity index is 1.59. The van der Waals surface area contributed by atoms with Crippen LogP contribution in [0.2, 0.25) is 0 Å². The van der Waals surface area contributed by atoms with E-state index in [0.717, 1.165) is 24.9 Å². The summed E-state index contributed by atoms with van der Waals surface area (Å²) in [5.74, 6) is -0.0490. The second kappa shape index (κ2) is 7.47. The van der Waals surface area contributed by atoms with Gasteiger partial charge in [-0.2, -0.15) is 0 Å². The fourth-order valence-corrected chi connectivity index (χ4v) is 3.24. The highest BCUT2D eigenvalue weighted by Crippen LogP contribution is 2.29. The molecule has 0 fully saturated rings. The number of hydrogen-bond acceptors (Lipinski definition) is 2. The Morgan fingerprint density at radius 3 is 2.79 bits per heavy atom. The van der Waals surface area contributed by atoms with Crippen LogP contribution in [0, 0.1) is 5.82 Å². The average Bonchev–Trinajstić information content (AvgIpc) is 2.61. The van der Waals surface area contributed by atoms with E-state index in [1.54, 1.807) is 6.07 Å². The predicted octanol–water partition coefficient (Wildman–Crippen LogP) is 3.50. The van der Waals surface area contributed by atoms with E-state index in [-0.39, 0.29) is 24.2 Å². The van der Waals surface area contributed by atoms with E-state index in [2.05, 4.69) is 24.4 Å². The van der Waals surface area contributed by atoms with Gasteiger partial charge in [0, 0.05) is 13.1 Å². The van der Waals surface area contributed by atoms with Gasteiger partial charge in [-0.3, -0.25) is 4.79 Å². The van der Waals surface area contributed by atoms with E-state index in [0.29, 0.717) is 12.2 Å². The molecule has 2 aromatic carbocycles. The van der Waals surface area contributed by atoms with Crippen LogP contribution < -0.4 is 10.2 Å². The SMILES string of the molecule is CC(CNC(=O)CN1CCCc2cccc(F)c21)c1ccccc1. The van der Waals surface area contributed by atoms with Gasteiger partial charge in [-0.25, -0.2) is 4.39 Å². The van der Waals surface area contributed by atoms with E-state index in [1.165, 1.54) is 11.6 Å². The Morgan fingerprint density at radius 2 is 2.00 bits per heavy atom. The first-order chi connectivity index (χ1) is 11.6. The van der Waals surface area contributed by atoms with Crippen LogP contribution in [-0.4, -0.2) is 25.5 Å². The van der Waals surface area contributed by atoms with Crippen LogP contribution >= 0.6 is 0 Å². The molecule has 126 valence electrons. The van der Waals surface area contributed by atoms with Gasteiger partial charge < -0.3 is 10.2 Å². The summed E-state index contributed by atoms with van der Waals surface area (Å²) in [6.07, 6.45) is 1.82. The van der Waals surface area contributed by atoms with Crippen LogP contribution in [0.15, 0.2) is 48.5 Å². The Morgan fingerprint density at radius 1 is 1.21 bits per heavy atom. The molecule has 0 aromatic heterocycles. The van der Waals surface area contributed by atoms with Gasteiger partial charge in [0.2, 0.25) is 5.91 Å². The molecule has 1 aliphatic heterocycles. The Hall–Kier alpha value is -2.36. The highest BCUT2D eigenvalue weighted by atomic mass is 19.1. The molecule has 1 heterocycles. The van der Waals surface area contributed by atoms with Crippen LogP contribution in [-0.2, 0) is 11.2 Å². The number of carbonyl (C=O) groups excluding carboxylic acids is 1. The number of carbonyl (C=O) groups is 1. The van der Waals surface area contributed by atoms with Crippen molar-refractivity contribution >= 4 is 11.6 Å². The lowest BCUT2D eigenvalue weighted by Gasteiger charge is -2.31. The summed E-state index contributed by atoms with van der Waals surface area (Å²) in [7, 11) is 0. The van der Waals surface area contributed by atoms with Crippen molar-refractivity contribution in [2.24, 2.45) is 0 Å². The van der Waals surface area contributed by atoms with Crippen LogP contribution in [0.4, 0.5) is 10.1 Å². The summed E-state index contributed by atoms with van der Waals surface area (Å²) >= 11 is 0. The zero-order valence-corrected chi connectivity index (χ0v) is 14.0. The smallest absolute Gasteiger partial charge is 0.239 e. The first-order valence-electron chi connectivity index (χ1n) is 8.49. The zero-order valence-electron chi connectivity index (χ0n) is 14.0. The van der Waals surface area contributed by atoms with Crippen molar-refractivity contribution < 1.29 is 9.18 Å². The molecule has 0 saturated carbocycles. The predicted molar refractivity (Wildman–Crippen MR) is 94.8 cm³/mol. The highest BCUT2D eigenvalue weighted by molar-refractivity contribution is 5.82. The van der Waals surface area contributed by atoms with Crippen LogP contribution in [0.5, 0.6) is 0 Å². The second-order valence-electron chi connectivity index (χ2n) is 6.39. The van der Waals surface area contributed by atoms with Gasteiger partial charge in [0.15, 0.2) is 0 Å². The van der Waals surface area contributed by atoms with Gasteiger partial charge in [-0.05, 0) is 36.0 Å². The van der Waals surface area contributed by atoms with Crippen molar-refractivity contribution in [2.75, 3.05) is 24.5 Å². The molecule has 3 rings (SSSR count). The van der Waals surface area contributed by atoms with Crippen molar-refractivity contribution in [3.63, 3.8) is 0 Å². The van der Waals surface area contributed by atoms with Crippen molar-refractivity contribution in [3.05, 3.63) is 65.5 Å². The molecule has 1 N–H and O–H groups in total. The third kappa shape index (κ3) is 3.75. The van der Waals surface area contributed by atoms with Gasteiger partial charge in [-0.15, -0.1) is 0 Å². The number of para-hydroxylation sites is 1. The molecule has 1 aliphatic rings. The average molecular weight is 326 g/mol. The number of aryl methyl sites for hydroxylation is 1. The zero-order chi connectivity index (χ0) is 16.9. The van der Waals surface area contributed by atoms with Crippen molar-refractivity contribution in [2.45, 2.75) is 25.7 Å². The number of benzene rings is 2. The van der Waals surface area contributed by atoms with Gasteiger partial charge in [0.05, 0.1) is 12.2 Å². The summed E-state index contributed by atoms with van der Waals surface area (Å²) in [6, 6.07) is 15.3. The van der Waals surface area contributed by atoms with E-state index >= 15 is 0 Å². The fourth-order valence-electron chi connectivity index (χ4n) is 3.24. The number of nitrogens with one attached hydrogen (secondary N) is 1. The molecule has 1 amide bonds. The van der Waals surface area contributed by atoms with E-state index in [4.69, 9.17) is 0 Å². The molecule has 24 heavy (non-hydrogen) atoms. The molecule has 0 radical (unpaired) electrons. The number of hydrogen-bond donors (Lipinski definition) is 1. The molecule has 0 spiro atoms. The molecule has 1 unspecified atom stereocenters. The molecular weight excluding hydrogens is 303 g/mol. The maximum absolute atomic E-state index is 14.1. The van der Waals surface area contributed by atoms with E-state index in [9.17, 15) is 9.18 Å². The third-order valence-electron chi connectivity index (χ3n) is 4.57. The van der Waals surface area contributed by atoms with Gasteiger partial charge in [0.1, 0.15) is 5.82 Å². The maximum atomic E-state index is 14.1. The highest BCUT2D eigenvalue weighted by Gasteiger charge is 2.22. The summed E-state index contributed by atoms with van der Waals surface area (Å²) in [4.78, 5) is 14.2. The van der Waals surface area contributed by atoms with Crippen molar-refractivity contribution in [1.82, 2.24) is 5.32 Å². The van der Waals surface area contributed by atoms with Gasteiger partial charge in [-0.1, -0.05) is 49.4 Å². The molecule has 0 aliphatic carbocycles. The lowest BCUT2D eigenvalue weighted by molar-refractivity contribution is -0.119. The number of amides is 1. The summed E-state index contributed by atoms with van der Waals surface area (Å²) < 4.78 is 14.1. The minimum atomic E-state index is -0.238. The molecule has 3 nitrogen and oxygen atoms in total. The lowest BCUT2D eigenvalue weighted by atomic mass is 10.0. The Kier molecular flexibility index (Phi) is 5.14. The first-order valence-corrected chi connectivity index (χ1v) is 8.49. The maximum Gasteiger partial charge on any atom is 0.239 e. The quantitative estimate of drug-likeness (QED) is 0.912. The number of halogens is 1. The summed E-state index contributed by atoms with van der Waals surface area (Å²) in [5.41, 5.74) is 2.79. The minimum Gasteiger partial charge on any atom is -0.360 e. The Labute approximate surface area is 142 Å². The Bertz CT molecular complexity index is 702. The molecular formula is C20H23FN2O. The van der Waals surface area contributed by atoms with Crippen LogP contribution in [0.1, 0.15) is 30.4 Å². The minimum absolute atomic E-state index is 0.0612. The number of anilines is 1. The molecule has 1 atom stereocenters. The normalized spacial score (nSPS) is 14.8. The second-order valence-corrected chi connectivity index (χ2v) is 6.39. The first kappa shape index (κ1) is 16.5. The summed E-state index contributed by atoms with van der Waals surface area (Å²) in [5, 5.41) is 2.98. The van der Waals surface area contributed by atoms with E-state index in [1.807, 2.05) is 29.2 Å². The summed E-state index contributed by atoms with van der Waals surface area (Å²) in [6.45, 7) is 3.59. The molecule has 4 heteroatoms.